The Morgan fingerprint density at radius 1 is 0.561 bits per heavy atom. The summed E-state index contributed by atoms with van der Waals surface area (Å²) in [5.74, 6) is 0. The van der Waals surface area contributed by atoms with Crippen LogP contribution in [0.1, 0.15) is 96.5 Å². The first kappa shape index (κ1) is 34.2. The summed E-state index contributed by atoms with van der Waals surface area (Å²) in [6, 6.07) is 55.1. The second-order valence-electron chi connectivity index (χ2n) is 17.3. The van der Waals surface area contributed by atoms with E-state index in [1.807, 2.05) is 0 Å². The molecule has 7 aromatic rings. The molecule has 0 amide bonds. The molecule has 1 fully saturated rings. The molecule has 2 nitrogen and oxygen atoms in total. The van der Waals surface area contributed by atoms with Crippen LogP contribution in [-0.4, -0.2) is 0 Å². The second kappa shape index (κ2) is 13.0. The van der Waals surface area contributed by atoms with E-state index < -0.39 is 0 Å². The van der Waals surface area contributed by atoms with Gasteiger partial charge in [-0.05, 0) is 134 Å². The Hall–Kier alpha value is -6.12. The van der Waals surface area contributed by atoms with E-state index >= 15 is 0 Å². The summed E-state index contributed by atoms with van der Waals surface area (Å²) in [5, 5.41) is 3.72. The summed E-state index contributed by atoms with van der Waals surface area (Å²) < 4.78 is 0. The largest absolute Gasteiger partial charge is 0.355 e. The number of nitrogens with zero attached hydrogens (tertiary/aromatic N) is 1. The van der Waals surface area contributed by atoms with Gasteiger partial charge in [-0.2, -0.15) is 0 Å². The molecule has 3 aliphatic carbocycles. The third kappa shape index (κ3) is 5.30. The Balaban J connectivity index is 0.904. The van der Waals surface area contributed by atoms with Gasteiger partial charge in [0.2, 0.25) is 0 Å². The fraction of sp³-hybridized carbons (Fsp3) is 0.200. The highest BCUT2D eigenvalue weighted by Crippen LogP contribution is 2.58. The van der Waals surface area contributed by atoms with Crippen LogP contribution < -0.4 is 10.2 Å². The van der Waals surface area contributed by atoms with Gasteiger partial charge in [0.15, 0.2) is 0 Å². The minimum absolute atomic E-state index is 0.0645. The van der Waals surface area contributed by atoms with E-state index in [-0.39, 0.29) is 10.8 Å². The number of anilines is 5. The smallest absolute Gasteiger partial charge is 0.0497 e. The molecule has 57 heavy (non-hydrogen) atoms. The third-order valence-electron chi connectivity index (χ3n) is 13.8. The molecule has 2 heteroatoms. The molecule has 0 bridgehead atoms. The summed E-state index contributed by atoms with van der Waals surface area (Å²) in [5.41, 5.74) is 24.1. The summed E-state index contributed by atoms with van der Waals surface area (Å²) in [6.07, 6.45) is 11.6. The van der Waals surface area contributed by atoms with Crippen molar-refractivity contribution < 1.29 is 0 Å². The van der Waals surface area contributed by atoms with E-state index in [0.717, 1.165) is 18.5 Å². The van der Waals surface area contributed by atoms with Crippen molar-refractivity contribution in [2.75, 3.05) is 10.2 Å². The third-order valence-corrected chi connectivity index (χ3v) is 13.8. The van der Waals surface area contributed by atoms with Crippen LogP contribution in [0, 0.1) is 0 Å². The van der Waals surface area contributed by atoms with Crippen molar-refractivity contribution in [3.8, 4) is 22.3 Å². The summed E-state index contributed by atoms with van der Waals surface area (Å²) in [4.78, 5) is 2.51. The molecule has 1 aliphatic heterocycles. The van der Waals surface area contributed by atoms with E-state index in [2.05, 4.69) is 189 Å². The van der Waals surface area contributed by atoms with Gasteiger partial charge in [-0.3, -0.25) is 0 Å². The van der Waals surface area contributed by atoms with Crippen LogP contribution in [0.3, 0.4) is 0 Å². The Morgan fingerprint density at radius 2 is 1.11 bits per heavy atom. The molecule has 7 aromatic carbocycles. The lowest BCUT2D eigenvalue weighted by molar-refractivity contribution is 0.550. The van der Waals surface area contributed by atoms with Crippen LogP contribution in [0.5, 0.6) is 0 Å². The molecule has 0 atom stereocenters. The molecular weight excluding hydrogens is 689 g/mol. The standard InChI is InChI=1S/C55H48N2/c1-4-38-13-5-8-16-51(38)56-41-23-27-44-43-25-21-36(31-47(43)54(2,3)48(44)34-41)19-20-37-22-26-45-46-28-24-42(35-50(46)55(49(45)32-37)29-11-12-30-55)57-52-17-9-6-14-39(52)33-40-15-7-10-18-53(40)57/h5-10,13-28,31-32,34-35,56H,4,11-12,29-30,33H2,1-3H3/b20-19+. The van der Waals surface area contributed by atoms with E-state index in [1.54, 1.807) is 0 Å². The first-order valence-electron chi connectivity index (χ1n) is 21.0. The molecule has 1 heterocycles. The number of hydrogen-bond acceptors (Lipinski definition) is 2. The van der Waals surface area contributed by atoms with Crippen LogP contribution in [0.2, 0.25) is 0 Å². The first-order chi connectivity index (χ1) is 27.9. The second-order valence-corrected chi connectivity index (χ2v) is 17.3. The average Bonchev–Trinajstić information content (AvgIpc) is 3.91. The van der Waals surface area contributed by atoms with E-state index in [9.17, 15) is 0 Å². The van der Waals surface area contributed by atoms with E-state index in [4.69, 9.17) is 0 Å². The van der Waals surface area contributed by atoms with Crippen LogP contribution >= 0.6 is 0 Å². The van der Waals surface area contributed by atoms with Crippen molar-refractivity contribution in [1.29, 1.82) is 0 Å². The van der Waals surface area contributed by atoms with Gasteiger partial charge in [0, 0.05) is 45.7 Å². The minimum Gasteiger partial charge on any atom is -0.355 e. The highest BCUT2D eigenvalue weighted by Gasteiger charge is 2.45. The molecule has 11 rings (SSSR count). The number of benzene rings is 7. The number of hydrogen-bond donors (Lipinski definition) is 1. The molecule has 278 valence electrons. The molecule has 1 N–H and O–H groups in total. The zero-order valence-electron chi connectivity index (χ0n) is 33.2. The van der Waals surface area contributed by atoms with Gasteiger partial charge in [-0.1, -0.05) is 149 Å². The van der Waals surface area contributed by atoms with Gasteiger partial charge in [0.25, 0.3) is 0 Å². The van der Waals surface area contributed by atoms with Crippen molar-refractivity contribution in [3.05, 3.63) is 196 Å². The van der Waals surface area contributed by atoms with Crippen LogP contribution in [0.4, 0.5) is 28.4 Å². The van der Waals surface area contributed by atoms with Crippen molar-refractivity contribution in [3.63, 3.8) is 0 Å². The van der Waals surface area contributed by atoms with Crippen LogP contribution in [0.25, 0.3) is 34.4 Å². The molecule has 0 unspecified atom stereocenters. The summed E-state index contributed by atoms with van der Waals surface area (Å²) >= 11 is 0. The van der Waals surface area contributed by atoms with E-state index in [1.165, 1.54) is 121 Å². The van der Waals surface area contributed by atoms with Crippen molar-refractivity contribution in [2.45, 2.75) is 70.1 Å². The molecule has 0 aromatic heterocycles. The molecule has 0 saturated heterocycles. The maximum absolute atomic E-state index is 3.72. The fourth-order valence-corrected chi connectivity index (χ4v) is 10.9. The Labute approximate surface area is 337 Å². The predicted octanol–water partition coefficient (Wildman–Crippen LogP) is 14.7. The average molecular weight is 737 g/mol. The number of para-hydroxylation sites is 3. The molecular formula is C55H48N2. The number of aryl methyl sites for hydroxylation is 1. The highest BCUT2D eigenvalue weighted by molar-refractivity contribution is 5.90. The van der Waals surface area contributed by atoms with Crippen LogP contribution in [-0.2, 0) is 23.7 Å². The lowest BCUT2D eigenvalue weighted by Gasteiger charge is -2.34. The molecule has 4 aliphatic rings. The van der Waals surface area contributed by atoms with Crippen LogP contribution in [0.15, 0.2) is 146 Å². The fourth-order valence-electron chi connectivity index (χ4n) is 10.9. The minimum atomic E-state index is -0.0953. The monoisotopic (exact) mass is 736 g/mol. The SMILES string of the molecule is CCc1ccccc1Nc1ccc2c(c1)C(C)(C)c1cc(/C=C/c3ccc4c(c3)C3(CCCC3)c3cc(N5c6ccccc6Cc6ccccc65)ccc3-4)ccc1-2. The van der Waals surface area contributed by atoms with Crippen molar-refractivity contribution in [2.24, 2.45) is 0 Å². The Bertz CT molecular complexity index is 2730. The lowest BCUT2D eigenvalue weighted by atomic mass is 9.76. The van der Waals surface area contributed by atoms with Crippen molar-refractivity contribution in [1.82, 2.24) is 0 Å². The number of rotatable bonds is 6. The van der Waals surface area contributed by atoms with Gasteiger partial charge in [-0.25, -0.2) is 0 Å². The first-order valence-corrected chi connectivity index (χ1v) is 21.0. The maximum Gasteiger partial charge on any atom is 0.0497 e. The number of fused-ring (bicyclic) bond motifs is 10. The predicted molar refractivity (Wildman–Crippen MR) is 241 cm³/mol. The molecule has 1 saturated carbocycles. The number of nitrogens with one attached hydrogen (secondary N) is 1. The lowest BCUT2D eigenvalue weighted by Crippen LogP contribution is -2.22. The normalized spacial score (nSPS) is 16.2. The van der Waals surface area contributed by atoms with Crippen molar-refractivity contribution >= 4 is 40.6 Å². The van der Waals surface area contributed by atoms with Gasteiger partial charge in [0.1, 0.15) is 0 Å². The Morgan fingerprint density at radius 3 is 1.79 bits per heavy atom. The van der Waals surface area contributed by atoms with Gasteiger partial charge in [-0.15, -0.1) is 0 Å². The highest BCUT2D eigenvalue weighted by atomic mass is 15.2. The Kier molecular flexibility index (Phi) is 7.77. The summed E-state index contributed by atoms with van der Waals surface area (Å²) in [6.45, 7) is 6.97. The van der Waals surface area contributed by atoms with Gasteiger partial charge in [0.05, 0.1) is 0 Å². The maximum atomic E-state index is 3.72. The zero-order chi connectivity index (χ0) is 38.3. The molecule has 0 radical (unpaired) electrons. The quantitative estimate of drug-likeness (QED) is 0.171. The van der Waals surface area contributed by atoms with Gasteiger partial charge >= 0.3 is 0 Å². The van der Waals surface area contributed by atoms with E-state index in [0.29, 0.717) is 0 Å². The summed E-state index contributed by atoms with van der Waals surface area (Å²) in [7, 11) is 0. The zero-order valence-corrected chi connectivity index (χ0v) is 33.2. The topological polar surface area (TPSA) is 15.3 Å². The van der Waals surface area contributed by atoms with Gasteiger partial charge < -0.3 is 10.2 Å². The molecule has 1 spiro atoms.